The van der Waals surface area contributed by atoms with Crippen molar-refractivity contribution in [2.24, 2.45) is 0 Å². The van der Waals surface area contributed by atoms with Crippen LogP contribution in [0.15, 0.2) is 47.0 Å². The summed E-state index contributed by atoms with van der Waals surface area (Å²) in [5.41, 5.74) is 2.08. The molecule has 34 heavy (non-hydrogen) atoms. The molecule has 1 amide bonds. The van der Waals surface area contributed by atoms with Gasteiger partial charge in [0.2, 0.25) is 17.6 Å². The quantitative estimate of drug-likeness (QED) is 0.455. The predicted molar refractivity (Wildman–Crippen MR) is 122 cm³/mol. The molecular formula is C25H28F2N4O3. The van der Waals surface area contributed by atoms with Gasteiger partial charge in [0.15, 0.2) is 11.6 Å². The van der Waals surface area contributed by atoms with Crippen molar-refractivity contribution in [1.29, 1.82) is 0 Å². The van der Waals surface area contributed by atoms with E-state index in [9.17, 15) is 13.6 Å². The summed E-state index contributed by atoms with van der Waals surface area (Å²) in [5.74, 6) is -0.250. The fraction of sp³-hybridized carbons (Fsp3) is 0.400. The normalized spacial score (nSPS) is 15.4. The summed E-state index contributed by atoms with van der Waals surface area (Å²) in [6.07, 6.45) is 0.762. The fourth-order valence-electron chi connectivity index (χ4n) is 3.90. The van der Waals surface area contributed by atoms with Crippen LogP contribution in [0.3, 0.4) is 0 Å². The highest BCUT2D eigenvalue weighted by Gasteiger charge is 2.27. The van der Waals surface area contributed by atoms with E-state index in [1.165, 1.54) is 11.6 Å². The van der Waals surface area contributed by atoms with Gasteiger partial charge in [-0.3, -0.25) is 9.69 Å². The van der Waals surface area contributed by atoms with E-state index in [0.717, 1.165) is 17.7 Å². The lowest BCUT2D eigenvalue weighted by atomic mass is 10.1. The van der Waals surface area contributed by atoms with E-state index in [2.05, 4.69) is 15.0 Å². The SMILES string of the molecule is Cc1ccc(-c2noc(C(C)N3CCN(C(=O)CCCOc4ccc(F)cc4F)CC3)n2)cc1. The van der Waals surface area contributed by atoms with E-state index >= 15 is 0 Å². The Balaban J connectivity index is 1.21. The summed E-state index contributed by atoms with van der Waals surface area (Å²) in [7, 11) is 0. The Hall–Kier alpha value is -3.33. The number of carbonyl (C=O) groups excluding carboxylic acids is 1. The van der Waals surface area contributed by atoms with E-state index in [0.29, 0.717) is 50.7 Å². The van der Waals surface area contributed by atoms with Gasteiger partial charge < -0.3 is 14.2 Å². The van der Waals surface area contributed by atoms with E-state index in [1.54, 1.807) is 0 Å². The number of benzene rings is 2. The molecule has 1 atom stereocenters. The third kappa shape index (κ3) is 5.77. The van der Waals surface area contributed by atoms with Crippen LogP contribution in [-0.4, -0.2) is 58.6 Å². The summed E-state index contributed by atoms with van der Waals surface area (Å²) in [6.45, 7) is 6.85. The van der Waals surface area contributed by atoms with Gasteiger partial charge >= 0.3 is 0 Å². The molecule has 2 heterocycles. The first-order valence-corrected chi connectivity index (χ1v) is 11.4. The summed E-state index contributed by atoms with van der Waals surface area (Å²) < 4.78 is 37.4. The molecule has 3 aromatic rings. The van der Waals surface area contributed by atoms with Gasteiger partial charge in [-0.1, -0.05) is 35.0 Å². The third-order valence-corrected chi connectivity index (χ3v) is 6.01. The van der Waals surface area contributed by atoms with E-state index < -0.39 is 11.6 Å². The number of ether oxygens (including phenoxy) is 1. The van der Waals surface area contributed by atoms with Crippen molar-refractivity contribution in [3.8, 4) is 17.1 Å². The molecule has 0 N–H and O–H groups in total. The predicted octanol–water partition coefficient (Wildman–Crippen LogP) is 4.39. The highest BCUT2D eigenvalue weighted by Crippen LogP contribution is 2.24. The number of amides is 1. The number of hydrogen-bond acceptors (Lipinski definition) is 6. The Morgan fingerprint density at radius 1 is 1.12 bits per heavy atom. The van der Waals surface area contributed by atoms with Crippen LogP contribution in [0.4, 0.5) is 8.78 Å². The smallest absolute Gasteiger partial charge is 0.244 e. The van der Waals surface area contributed by atoms with Gasteiger partial charge in [-0.2, -0.15) is 4.98 Å². The largest absolute Gasteiger partial charge is 0.491 e. The number of carbonyl (C=O) groups is 1. The van der Waals surface area contributed by atoms with Gasteiger partial charge in [-0.15, -0.1) is 0 Å². The molecule has 1 fully saturated rings. The minimum atomic E-state index is -0.746. The maximum Gasteiger partial charge on any atom is 0.244 e. The van der Waals surface area contributed by atoms with Crippen LogP contribution < -0.4 is 4.74 Å². The standard InChI is InChI=1S/C25H28F2N4O3/c1-17-5-7-19(8-6-17)24-28-25(34-29-24)18(2)30-11-13-31(14-12-30)23(32)4-3-15-33-22-10-9-20(26)16-21(22)27/h5-10,16,18H,3-4,11-15H2,1-2H3. The molecule has 1 aliphatic rings. The lowest BCUT2D eigenvalue weighted by Crippen LogP contribution is -2.49. The zero-order valence-electron chi connectivity index (χ0n) is 19.3. The number of nitrogens with zero attached hydrogens (tertiary/aromatic N) is 4. The number of aromatic nitrogens is 2. The molecule has 0 radical (unpaired) electrons. The number of hydrogen-bond donors (Lipinski definition) is 0. The molecule has 0 bridgehead atoms. The molecule has 7 nitrogen and oxygen atoms in total. The minimum absolute atomic E-state index is 0.0111. The van der Waals surface area contributed by atoms with Crippen LogP contribution >= 0.6 is 0 Å². The highest BCUT2D eigenvalue weighted by molar-refractivity contribution is 5.76. The van der Waals surface area contributed by atoms with Crippen LogP contribution in [0.2, 0.25) is 0 Å². The van der Waals surface area contributed by atoms with Gasteiger partial charge in [0.1, 0.15) is 5.82 Å². The summed E-state index contributed by atoms with van der Waals surface area (Å²) in [4.78, 5) is 21.1. The van der Waals surface area contributed by atoms with Crippen molar-refractivity contribution in [1.82, 2.24) is 19.9 Å². The number of aryl methyl sites for hydroxylation is 1. The lowest BCUT2D eigenvalue weighted by molar-refractivity contribution is -0.133. The molecule has 1 aliphatic heterocycles. The van der Waals surface area contributed by atoms with Gasteiger partial charge in [0.25, 0.3) is 0 Å². The molecule has 0 saturated carbocycles. The maximum atomic E-state index is 13.6. The second-order valence-electron chi connectivity index (χ2n) is 8.44. The molecule has 0 aliphatic carbocycles. The van der Waals surface area contributed by atoms with E-state index in [1.807, 2.05) is 43.0 Å². The summed E-state index contributed by atoms with van der Waals surface area (Å²) in [6, 6.07) is 11.1. The highest BCUT2D eigenvalue weighted by atomic mass is 19.1. The topological polar surface area (TPSA) is 71.7 Å². The van der Waals surface area contributed by atoms with E-state index in [-0.39, 0.29) is 24.3 Å². The average Bonchev–Trinajstić information content (AvgIpc) is 3.33. The Kier molecular flexibility index (Phi) is 7.52. The average molecular weight is 471 g/mol. The zero-order chi connectivity index (χ0) is 24.1. The Bertz CT molecular complexity index is 1110. The Labute approximate surface area is 197 Å². The van der Waals surface area contributed by atoms with E-state index in [4.69, 9.17) is 9.26 Å². The maximum absolute atomic E-state index is 13.6. The van der Waals surface area contributed by atoms with Gasteiger partial charge in [0.05, 0.1) is 12.6 Å². The van der Waals surface area contributed by atoms with Gasteiger partial charge in [-0.05, 0) is 32.4 Å². The molecule has 1 saturated heterocycles. The van der Waals surface area contributed by atoms with Gasteiger partial charge in [-0.25, -0.2) is 8.78 Å². The molecule has 2 aromatic carbocycles. The van der Waals surface area contributed by atoms with Crippen molar-refractivity contribution in [2.45, 2.75) is 32.7 Å². The minimum Gasteiger partial charge on any atom is -0.491 e. The van der Waals surface area contributed by atoms with Gasteiger partial charge in [0, 0.05) is 44.2 Å². The lowest BCUT2D eigenvalue weighted by Gasteiger charge is -2.36. The number of halogens is 2. The number of piperazine rings is 1. The molecule has 9 heteroatoms. The fourth-order valence-corrected chi connectivity index (χ4v) is 3.90. The Morgan fingerprint density at radius 2 is 1.85 bits per heavy atom. The van der Waals surface area contributed by atoms with Crippen molar-refractivity contribution in [3.05, 3.63) is 65.6 Å². The van der Waals surface area contributed by atoms with Crippen molar-refractivity contribution >= 4 is 5.91 Å². The third-order valence-electron chi connectivity index (χ3n) is 6.01. The first-order valence-electron chi connectivity index (χ1n) is 11.4. The summed E-state index contributed by atoms with van der Waals surface area (Å²) in [5, 5.41) is 4.12. The van der Waals surface area contributed by atoms with Crippen molar-refractivity contribution < 1.29 is 22.8 Å². The molecule has 180 valence electrons. The first-order chi connectivity index (χ1) is 16.4. The Morgan fingerprint density at radius 3 is 2.56 bits per heavy atom. The van der Waals surface area contributed by atoms with Crippen LogP contribution in [0.1, 0.15) is 37.3 Å². The van der Waals surface area contributed by atoms with Crippen LogP contribution in [0.25, 0.3) is 11.4 Å². The first kappa shape index (κ1) is 23.8. The summed E-state index contributed by atoms with van der Waals surface area (Å²) >= 11 is 0. The molecule has 0 spiro atoms. The van der Waals surface area contributed by atoms with Crippen molar-refractivity contribution in [3.63, 3.8) is 0 Å². The molecule has 1 unspecified atom stereocenters. The molecule has 4 rings (SSSR count). The zero-order valence-corrected chi connectivity index (χ0v) is 19.3. The molecule has 1 aromatic heterocycles. The monoisotopic (exact) mass is 470 g/mol. The second kappa shape index (κ2) is 10.7. The number of rotatable bonds is 8. The van der Waals surface area contributed by atoms with Crippen molar-refractivity contribution in [2.75, 3.05) is 32.8 Å². The van der Waals surface area contributed by atoms with Crippen LogP contribution in [0, 0.1) is 18.6 Å². The van der Waals surface area contributed by atoms with Crippen LogP contribution in [-0.2, 0) is 4.79 Å². The second-order valence-corrected chi connectivity index (χ2v) is 8.44. The van der Waals surface area contributed by atoms with Crippen LogP contribution in [0.5, 0.6) is 5.75 Å². The molecular weight excluding hydrogens is 442 g/mol.